The van der Waals surface area contributed by atoms with Crippen LogP contribution in [0, 0.1) is 10.1 Å². The number of nitro benzene ring substituents is 1. The molecule has 0 fully saturated rings. The highest BCUT2D eigenvalue weighted by Crippen LogP contribution is 2.18. The van der Waals surface area contributed by atoms with Gasteiger partial charge in [-0.15, -0.1) is 0 Å². The van der Waals surface area contributed by atoms with Gasteiger partial charge in [-0.25, -0.2) is 0 Å². The van der Waals surface area contributed by atoms with Crippen molar-refractivity contribution in [1.82, 2.24) is 5.32 Å². The Balaban J connectivity index is 1.43. The lowest BCUT2D eigenvalue weighted by atomic mass is 10.1. The van der Waals surface area contributed by atoms with Gasteiger partial charge >= 0.3 is 0 Å². The van der Waals surface area contributed by atoms with Crippen LogP contribution in [0.15, 0.2) is 54.6 Å². The number of hydrogen-bond donors (Lipinski definition) is 2. The van der Waals surface area contributed by atoms with Gasteiger partial charge in [0.05, 0.1) is 17.6 Å². The first kappa shape index (κ1) is 22.0. The standard InChI is InChI=1S/C22H30N2O4/c25-22(20-11-4-3-5-12-20)18-23-15-8-1-2-9-16-28-17-14-19-10-6-7-13-21(19)24(26)27/h3-7,10-13,22-23,25H,1-2,8-9,14-18H2. The van der Waals surface area contributed by atoms with Gasteiger partial charge in [-0.2, -0.15) is 0 Å². The molecule has 0 amide bonds. The van der Waals surface area contributed by atoms with E-state index in [0.717, 1.165) is 43.4 Å². The number of rotatable bonds is 14. The molecule has 2 N–H and O–H groups in total. The number of hydrogen-bond acceptors (Lipinski definition) is 5. The lowest BCUT2D eigenvalue weighted by Crippen LogP contribution is -2.22. The molecule has 0 saturated heterocycles. The number of aliphatic hydroxyl groups is 1. The number of benzene rings is 2. The normalized spacial score (nSPS) is 12.0. The van der Waals surface area contributed by atoms with Crippen molar-refractivity contribution in [3.63, 3.8) is 0 Å². The van der Waals surface area contributed by atoms with Gasteiger partial charge in [-0.05, 0) is 24.9 Å². The summed E-state index contributed by atoms with van der Waals surface area (Å²) in [6.45, 7) is 2.64. The van der Waals surface area contributed by atoms with Gasteiger partial charge in [-0.3, -0.25) is 10.1 Å². The summed E-state index contributed by atoms with van der Waals surface area (Å²) in [6, 6.07) is 16.5. The zero-order valence-corrected chi connectivity index (χ0v) is 16.3. The summed E-state index contributed by atoms with van der Waals surface area (Å²) in [5.74, 6) is 0. The largest absolute Gasteiger partial charge is 0.387 e. The Morgan fingerprint density at radius 3 is 2.46 bits per heavy atom. The molecule has 0 aromatic heterocycles. The Morgan fingerprint density at radius 1 is 0.964 bits per heavy atom. The molecule has 6 heteroatoms. The molecule has 1 unspecified atom stereocenters. The predicted octanol–water partition coefficient (Wildman–Crippen LogP) is 4.04. The highest BCUT2D eigenvalue weighted by atomic mass is 16.6. The smallest absolute Gasteiger partial charge is 0.272 e. The Labute approximate surface area is 166 Å². The number of aliphatic hydroxyl groups excluding tert-OH is 1. The molecule has 0 radical (unpaired) electrons. The summed E-state index contributed by atoms with van der Waals surface area (Å²) in [4.78, 5) is 10.6. The fourth-order valence-corrected chi connectivity index (χ4v) is 3.02. The quantitative estimate of drug-likeness (QED) is 0.291. The van der Waals surface area contributed by atoms with Gasteiger partial charge in [-0.1, -0.05) is 61.4 Å². The van der Waals surface area contributed by atoms with Crippen LogP contribution in [-0.2, 0) is 11.2 Å². The van der Waals surface area contributed by atoms with E-state index in [9.17, 15) is 15.2 Å². The first-order valence-electron chi connectivity index (χ1n) is 9.92. The van der Waals surface area contributed by atoms with Crippen molar-refractivity contribution in [3.05, 3.63) is 75.8 Å². The number of nitrogens with one attached hydrogen (secondary N) is 1. The van der Waals surface area contributed by atoms with Crippen LogP contribution >= 0.6 is 0 Å². The highest BCUT2D eigenvalue weighted by molar-refractivity contribution is 5.39. The zero-order valence-electron chi connectivity index (χ0n) is 16.3. The van der Waals surface area contributed by atoms with Crippen molar-refractivity contribution in [2.75, 3.05) is 26.3 Å². The monoisotopic (exact) mass is 386 g/mol. The molecule has 6 nitrogen and oxygen atoms in total. The van der Waals surface area contributed by atoms with Crippen molar-refractivity contribution in [3.8, 4) is 0 Å². The summed E-state index contributed by atoms with van der Waals surface area (Å²) in [5.41, 5.74) is 1.82. The number of nitrogens with zero attached hydrogens (tertiary/aromatic N) is 1. The van der Waals surface area contributed by atoms with E-state index in [-0.39, 0.29) is 10.6 Å². The minimum Gasteiger partial charge on any atom is -0.387 e. The van der Waals surface area contributed by atoms with E-state index in [0.29, 0.717) is 26.2 Å². The third kappa shape index (κ3) is 8.17. The minimum atomic E-state index is -0.463. The molecule has 2 aromatic carbocycles. The van der Waals surface area contributed by atoms with Crippen molar-refractivity contribution in [2.45, 2.75) is 38.2 Å². The van der Waals surface area contributed by atoms with Gasteiger partial charge in [0, 0.05) is 31.2 Å². The molecule has 0 spiro atoms. The van der Waals surface area contributed by atoms with Crippen LogP contribution in [0.4, 0.5) is 5.69 Å². The molecule has 2 rings (SSSR count). The van der Waals surface area contributed by atoms with Crippen LogP contribution < -0.4 is 5.32 Å². The first-order chi connectivity index (χ1) is 13.7. The average Bonchev–Trinajstić information content (AvgIpc) is 2.72. The Bertz CT molecular complexity index is 694. The molecule has 0 bridgehead atoms. The van der Waals surface area contributed by atoms with Crippen molar-refractivity contribution < 1.29 is 14.8 Å². The number of ether oxygens (including phenoxy) is 1. The summed E-state index contributed by atoms with van der Waals surface area (Å²) in [7, 11) is 0. The molecule has 0 heterocycles. The molecule has 152 valence electrons. The van der Waals surface area contributed by atoms with E-state index in [1.807, 2.05) is 36.4 Å². The summed E-state index contributed by atoms with van der Waals surface area (Å²) in [6.07, 6.45) is 4.36. The van der Waals surface area contributed by atoms with Crippen LogP contribution in [0.5, 0.6) is 0 Å². The van der Waals surface area contributed by atoms with Gasteiger partial charge in [0.15, 0.2) is 0 Å². The third-order valence-corrected chi connectivity index (χ3v) is 4.62. The maximum atomic E-state index is 11.0. The topological polar surface area (TPSA) is 84.6 Å². The Hall–Kier alpha value is -2.28. The van der Waals surface area contributed by atoms with Crippen LogP contribution in [0.1, 0.15) is 42.9 Å². The van der Waals surface area contributed by atoms with E-state index in [1.165, 1.54) is 6.07 Å². The lowest BCUT2D eigenvalue weighted by molar-refractivity contribution is -0.385. The molecule has 0 aliphatic heterocycles. The number of unbranched alkanes of at least 4 members (excludes halogenated alkanes) is 3. The molecule has 0 aliphatic carbocycles. The second-order valence-corrected chi connectivity index (χ2v) is 6.79. The Kier molecular flexibility index (Phi) is 10.2. The summed E-state index contributed by atoms with van der Waals surface area (Å²) < 4.78 is 5.61. The van der Waals surface area contributed by atoms with Crippen LogP contribution in [-0.4, -0.2) is 36.3 Å². The molecule has 2 aromatic rings. The van der Waals surface area contributed by atoms with Gasteiger partial charge in [0.1, 0.15) is 0 Å². The third-order valence-electron chi connectivity index (χ3n) is 4.62. The fraction of sp³-hybridized carbons (Fsp3) is 0.455. The van der Waals surface area contributed by atoms with Gasteiger partial charge in [0.25, 0.3) is 5.69 Å². The molecule has 0 aliphatic rings. The fourth-order valence-electron chi connectivity index (χ4n) is 3.02. The van der Waals surface area contributed by atoms with Gasteiger partial charge in [0.2, 0.25) is 0 Å². The SMILES string of the molecule is O=[N+]([O-])c1ccccc1CCOCCCCCCNCC(O)c1ccccc1. The second-order valence-electron chi connectivity index (χ2n) is 6.79. The molecular weight excluding hydrogens is 356 g/mol. The van der Waals surface area contributed by atoms with E-state index in [1.54, 1.807) is 12.1 Å². The zero-order chi connectivity index (χ0) is 20.0. The van der Waals surface area contributed by atoms with E-state index in [4.69, 9.17) is 4.74 Å². The van der Waals surface area contributed by atoms with Crippen LogP contribution in [0.2, 0.25) is 0 Å². The second kappa shape index (κ2) is 13.0. The van der Waals surface area contributed by atoms with Crippen LogP contribution in [0.3, 0.4) is 0 Å². The van der Waals surface area contributed by atoms with E-state index < -0.39 is 6.10 Å². The van der Waals surface area contributed by atoms with E-state index in [2.05, 4.69) is 5.32 Å². The predicted molar refractivity (Wildman–Crippen MR) is 110 cm³/mol. The summed E-state index contributed by atoms with van der Waals surface area (Å²) >= 11 is 0. The first-order valence-corrected chi connectivity index (χ1v) is 9.92. The maximum absolute atomic E-state index is 11.0. The molecule has 0 saturated carbocycles. The van der Waals surface area contributed by atoms with Crippen LogP contribution in [0.25, 0.3) is 0 Å². The lowest BCUT2D eigenvalue weighted by Gasteiger charge is -2.12. The molecular formula is C22H30N2O4. The number of nitro groups is 1. The maximum Gasteiger partial charge on any atom is 0.272 e. The minimum absolute atomic E-state index is 0.163. The van der Waals surface area contributed by atoms with Crippen molar-refractivity contribution >= 4 is 5.69 Å². The number of para-hydroxylation sites is 1. The molecule has 28 heavy (non-hydrogen) atoms. The van der Waals surface area contributed by atoms with Gasteiger partial charge < -0.3 is 15.2 Å². The highest BCUT2D eigenvalue weighted by Gasteiger charge is 2.11. The molecule has 1 atom stereocenters. The van der Waals surface area contributed by atoms with Crippen molar-refractivity contribution in [1.29, 1.82) is 0 Å². The Morgan fingerprint density at radius 2 is 1.68 bits per heavy atom. The summed E-state index contributed by atoms with van der Waals surface area (Å²) in [5, 5.41) is 24.3. The average molecular weight is 386 g/mol. The van der Waals surface area contributed by atoms with Crippen molar-refractivity contribution in [2.24, 2.45) is 0 Å². The van der Waals surface area contributed by atoms with E-state index >= 15 is 0 Å².